The SMILES string of the molecule is CC.CC(C)c1ccc(-c2coc(-c3cccc(C(=O)O)c3)n2)cc1. The minimum Gasteiger partial charge on any atom is -0.478 e. The maximum absolute atomic E-state index is 11.0. The van der Waals surface area contributed by atoms with Crippen LogP contribution in [0.4, 0.5) is 0 Å². The summed E-state index contributed by atoms with van der Waals surface area (Å²) in [5.41, 5.74) is 3.83. The predicted octanol–water partition coefficient (Wildman–Crippen LogP) is 5.86. The van der Waals surface area contributed by atoms with Gasteiger partial charge in [-0.1, -0.05) is 58.0 Å². The third-order valence-corrected chi connectivity index (χ3v) is 3.73. The molecule has 3 aromatic rings. The maximum atomic E-state index is 11.0. The summed E-state index contributed by atoms with van der Waals surface area (Å²) in [5.74, 6) is -0.0744. The summed E-state index contributed by atoms with van der Waals surface area (Å²) in [7, 11) is 0. The van der Waals surface area contributed by atoms with Gasteiger partial charge in [0.05, 0.1) is 5.56 Å². The molecule has 0 saturated heterocycles. The van der Waals surface area contributed by atoms with Gasteiger partial charge in [-0.2, -0.15) is 0 Å². The van der Waals surface area contributed by atoms with E-state index in [4.69, 9.17) is 9.52 Å². The molecule has 0 aliphatic heterocycles. The third-order valence-electron chi connectivity index (χ3n) is 3.73. The number of aromatic carboxylic acids is 1. The predicted molar refractivity (Wildman–Crippen MR) is 99.8 cm³/mol. The lowest BCUT2D eigenvalue weighted by Crippen LogP contribution is -1.95. The number of carboxylic acid groups (broad SMARTS) is 1. The summed E-state index contributed by atoms with van der Waals surface area (Å²) < 4.78 is 5.51. The highest BCUT2D eigenvalue weighted by atomic mass is 16.4. The zero-order chi connectivity index (χ0) is 18.4. The van der Waals surface area contributed by atoms with Crippen LogP contribution in [-0.2, 0) is 0 Å². The monoisotopic (exact) mass is 337 g/mol. The number of nitrogens with zero attached hydrogens (tertiary/aromatic N) is 1. The molecule has 3 rings (SSSR count). The first kappa shape index (κ1) is 18.5. The highest BCUT2D eigenvalue weighted by Crippen LogP contribution is 2.26. The summed E-state index contributed by atoms with van der Waals surface area (Å²) in [6, 6.07) is 14.8. The standard InChI is InChI=1S/C19H17NO3.C2H6/c1-12(2)13-6-8-14(9-7-13)17-11-23-18(20-17)15-4-3-5-16(10-15)19(21)22;1-2/h3-12H,1-2H3,(H,21,22);1-2H3. The first-order valence-corrected chi connectivity index (χ1v) is 8.44. The second kappa shape index (κ2) is 8.29. The average Bonchev–Trinajstić information content (AvgIpc) is 3.14. The number of aromatic nitrogens is 1. The van der Waals surface area contributed by atoms with Crippen LogP contribution in [0.3, 0.4) is 0 Å². The molecular formula is C21H23NO3. The summed E-state index contributed by atoms with van der Waals surface area (Å²) in [6.07, 6.45) is 1.59. The molecular weight excluding hydrogens is 314 g/mol. The van der Waals surface area contributed by atoms with Gasteiger partial charge in [-0.3, -0.25) is 0 Å². The lowest BCUT2D eigenvalue weighted by atomic mass is 10.0. The largest absolute Gasteiger partial charge is 0.478 e. The van der Waals surface area contributed by atoms with E-state index in [0.717, 1.165) is 11.3 Å². The Morgan fingerprint density at radius 2 is 1.72 bits per heavy atom. The molecule has 0 spiro atoms. The number of hydrogen-bond acceptors (Lipinski definition) is 3. The van der Waals surface area contributed by atoms with Crippen molar-refractivity contribution in [3.8, 4) is 22.7 Å². The Hall–Kier alpha value is -2.88. The average molecular weight is 337 g/mol. The van der Waals surface area contributed by atoms with E-state index >= 15 is 0 Å². The second-order valence-corrected chi connectivity index (χ2v) is 5.70. The Morgan fingerprint density at radius 3 is 2.32 bits per heavy atom. The number of hydrogen-bond donors (Lipinski definition) is 1. The van der Waals surface area contributed by atoms with E-state index in [1.807, 2.05) is 26.0 Å². The van der Waals surface area contributed by atoms with E-state index in [1.165, 1.54) is 5.56 Å². The topological polar surface area (TPSA) is 63.3 Å². The van der Waals surface area contributed by atoms with Crippen molar-refractivity contribution in [3.63, 3.8) is 0 Å². The fourth-order valence-electron chi connectivity index (χ4n) is 2.36. The molecule has 1 heterocycles. The van der Waals surface area contributed by atoms with Crippen LogP contribution < -0.4 is 0 Å². The van der Waals surface area contributed by atoms with Gasteiger partial charge >= 0.3 is 5.97 Å². The van der Waals surface area contributed by atoms with Crippen molar-refractivity contribution < 1.29 is 14.3 Å². The van der Waals surface area contributed by atoms with Crippen LogP contribution in [-0.4, -0.2) is 16.1 Å². The molecule has 25 heavy (non-hydrogen) atoms. The Bertz CT molecular complexity index is 832. The summed E-state index contributed by atoms with van der Waals surface area (Å²) >= 11 is 0. The van der Waals surface area contributed by atoms with Crippen LogP contribution >= 0.6 is 0 Å². The smallest absolute Gasteiger partial charge is 0.335 e. The van der Waals surface area contributed by atoms with Gasteiger partial charge in [-0.25, -0.2) is 9.78 Å². The normalized spacial score (nSPS) is 10.3. The molecule has 1 aromatic heterocycles. The third kappa shape index (κ3) is 4.35. The van der Waals surface area contributed by atoms with Gasteiger partial charge in [0.2, 0.25) is 5.89 Å². The molecule has 1 N–H and O–H groups in total. The minimum atomic E-state index is -0.970. The number of rotatable bonds is 4. The number of carboxylic acids is 1. The Morgan fingerprint density at radius 1 is 1.04 bits per heavy atom. The zero-order valence-corrected chi connectivity index (χ0v) is 15.0. The molecule has 0 atom stereocenters. The first-order valence-electron chi connectivity index (χ1n) is 8.44. The summed E-state index contributed by atoms with van der Waals surface area (Å²) in [4.78, 5) is 15.5. The fourth-order valence-corrected chi connectivity index (χ4v) is 2.36. The molecule has 0 aliphatic rings. The molecule has 4 nitrogen and oxygen atoms in total. The molecule has 0 aliphatic carbocycles. The van der Waals surface area contributed by atoms with Crippen molar-refractivity contribution in [1.29, 1.82) is 0 Å². The van der Waals surface area contributed by atoms with E-state index < -0.39 is 5.97 Å². The molecule has 2 aromatic carbocycles. The molecule has 0 bridgehead atoms. The summed E-state index contributed by atoms with van der Waals surface area (Å²) in [5, 5.41) is 9.06. The van der Waals surface area contributed by atoms with Crippen molar-refractivity contribution in [2.45, 2.75) is 33.6 Å². The van der Waals surface area contributed by atoms with Gasteiger partial charge < -0.3 is 9.52 Å². The van der Waals surface area contributed by atoms with Crippen molar-refractivity contribution in [1.82, 2.24) is 4.98 Å². The highest BCUT2D eigenvalue weighted by Gasteiger charge is 2.11. The zero-order valence-electron chi connectivity index (χ0n) is 15.0. The van der Waals surface area contributed by atoms with Gasteiger partial charge in [0, 0.05) is 11.1 Å². The van der Waals surface area contributed by atoms with Crippen molar-refractivity contribution in [2.24, 2.45) is 0 Å². The van der Waals surface area contributed by atoms with Gasteiger partial charge in [0.1, 0.15) is 12.0 Å². The van der Waals surface area contributed by atoms with Gasteiger partial charge in [0.15, 0.2) is 0 Å². The van der Waals surface area contributed by atoms with Gasteiger partial charge in [0.25, 0.3) is 0 Å². The Labute approximate surface area is 148 Å². The van der Waals surface area contributed by atoms with Gasteiger partial charge in [-0.15, -0.1) is 0 Å². The van der Waals surface area contributed by atoms with Crippen LogP contribution in [0.1, 0.15) is 49.5 Å². The van der Waals surface area contributed by atoms with Gasteiger partial charge in [-0.05, 0) is 29.7 Å². The second-order valence-electron chi connectivity index (χ2n) is 5.70. The summed E-state index contributed by atoms with van der Waals surface area (Å²) in [6.45, 7) is 8.30. The number of benzene rings is 2. The van der Waals surface area contributed by atoms with Crippen LogP contribution in [0.2, 0.25) is 0 Å². The number of carbonyl (C=O) groups is 1. The number of oxazole rings is 1. The molecule has 0 fully saturated rings. The van der Waals surface area contributed by atoms with Crippen LogP contribution in [0.25, 0.3) is 22.7 Å². The Kier molecular flexibility index (Phi) is 6.12. The molecule has 0 radical (unpaired) electrons. The van der Waals surface area contributed by atoms with Crippen molar-refractivity contribution >= 4 is 5.97 Å². The lowest BCUT2D eigenvalue weighted by molar-refractivity contribution is 0.0697. The lowest BCUT2D eigenvalue weighted by Gasteiger charge is -2.05. The molecule has 130 valence electrons. The van der Waals surface area contributed by atoms with E-state index in [1.54, 1.807) is 30.5 Å². The van der Waals surface area contributed by atoms with E-state index in [0.29, 0.717) is 17.4 Å². The highest BCUT2D eigenvalue weighted by molar-refractivity contribution is 5.89. The first-order chi connectivity index (χ1) is 12.0. The van der Waals surface area contributed by atoms with Crippen molar-refractivity contribution in [2.75, 3.05) is 0 Å². The van der Waals surface area contributed by atoms with E-state index in [2.05, 4.69) is 31.0 Å². The van der Waals surface area contributed by atoms with Crippen LogP contribution in [0.5, 0.6) is 0 Å². The Balaban J connectivity index is 0.00000109. The molecule has 0 unspecified atom stereocenters. The fraction of sp³-hybridized carbons (Fsp3) is 0.238. The molecule has 0 amide bonds. The molecule has 4 heteroatoms. The van der Waals surface area contributed by atoms with Crippen molar-refractivity contribution in [3.05, 3.63) is 65.9 Å². The van der Waals surface area contributed by atoms with Crippen LogP contribution in [0.15, 0.2) is 59.2 Å². The quantitative estimate of drug-likeness (QED) is 0.648. The minimum absolute atomic E-state index is 0.212. The maximum Gasteiger partial charge on any atom is 0.335 e. The van der Waals surface area contributed by atoms with Crippen LogP contribution in [0, 0.1) is 0 Å². The molecule has 0 saturated carbocycles. The van der Waals surface area contributed by atoms with E-state index in [-0.39, 0.29) is 5.56 Å². The van der Waals surface area contributed by atoms with E-state index in [9.17, 15) is 4.79 Å².